The van der Waals surface area contributed by atoms with Gasteiger partial charge in [-0.15, -0.1) is 0 Å². The number of nitrogens with one attached hydrogen (secondary N) is 6. The molecule has 9 aromatic rings. The lowest BCUT2D eigenvalue weighted by Crippen LogP contribution is -2.21. The predicted octanol–water partition coefficient (Wildman–Crippen LogP) is 13.3. The van der Waals surface area contributed by atoms with E-state index in [-0.39, 0.29) is 54.3 Å². The molecule has 0 bridgehead atoms. The Labute approximate surface area is 546 Å². The SMILES string of the molecule is CN(C)C(=N)c1ccc(C(=O)Cc2ccccc2C(=O)Nc2ccc(Br)cn2)cc1.CN(C)C(=N)c1ccc(C(=O)Cc2ccccc2C(=O)Nc2ccc(Cl)cn2)cc1.Cc1ccc(CC(=O)c2ccc(C(=N)N(C)C)cc2)c(C(=O)Nc2ccc(Cl)cn2)c1. The minimum absolute atomic E-state index is 0.0849. The summed E-state index contributed by atoms with van der Waals surface area (Å²) in [5, 5.41) is 33.2. The van der Waals surface area contributed by atoms with Crippen molar-refractivity contribution in [2.24, 2.45) is 0 Å². The van der Waals surface area contributed by atoms with E-state index in [1.807, 2.05) is 13.0 Å². The van der Waals surface area contributed by atoms with Crippen LogP contribution in [-0.4, -0.2) is 125 Å². The first-order chi connectivity index (χ1) is 43.4. The molecule has 462 valence electrons. The molecule has 0 spiro atoms. The number of rotatable bonds is 18. The van der Waals surface area contributed by atoms with Gasteiger partial charge in [-0.2, -0.15) is 0 Å². The van der Waals surface area contributed by atoms with Gasteiger partial charge in [0.2, 0.25) is 0 Å². The topological polar surface area (TPSA) is 258 Å². The first kappa shape index (κ1) is 68.2. The fourth-order valence-corrected chi connectivity index (χ4v) is 9.25. The van der Waals surface area contributed by atoms with Crippen molar-refractivity contribution in [3.05, 3.63) is 281 Å². The zero-order valence-corrected chi connectivity index (χ0v) is 54.0. The summed E-state index contributed by atoms with van der Waals surface area (Å²) >= 11 is 15.0. The molecule has 3 amide bonds. The maximum absolute atomic E-state index is 12.9. The van der Waals surface area contributed by atoms with Crippen LogP contribution in [0.4, 0.5) is 17.5 Å². The number of nitrogens with zero attached hydrogens (tertiary/aromatic N) is 6. The molecule has 21 heteroatoms. The lowest BCUT2D eigenvalue weighted by molar-refractivity contribution is 0.0980. The Morgan fingerprint density at radius 1 is 0.396 bits per heavy atom. The van der Waals surface area contributed by atoms with E-state index in [2.05, 4.69) is 46.8 Å². The van der Waals surface area contributed by atoms with Crippen molar-refractivity contribution in [3.8, 4) is 0 Å². The average Bonchev–Trinajstić information content (AvgIpc) is 3.74. The van der Waals surface area contributed by atoms with Crippen LogP contribution in [0.3, 0.4) is 0 Å². The van der Waals surface area contributed by atoms with Crippen LogP contribution in [0.25, 0.3) is 0 Å². The monoisotopic (exact) mass is 1320 g/mol. The van der Waals surface area contributed by atoms with Gasteiger partial charge in [-0.1, -0.05) is 150 Å². The average molecular weight is 1320 g/mol. The third-order valence-electron chi connectivity index (χ3n) is 13.8. The maximum atomic E-state index is 12.9. The van der Waals surface area contributed by atoms with Gasteiger partial charge >= 0.3 is 0 Å². The standard InChI is InChI=1S/C24H23ClN4O2.C23H21BrN4O2.C23H21ClN4O2/c1-15-4-5-18(20(12-15)24(31)28-22-11-10-19(25)14-27-22)13-21(30)16-6-8-17(9-7-16)23(26)29(2)3;2*1-28(2)22(25)16-9-7-15(8-10-16)20(29)13-17-5-3-4-6-19(17)23(30)27-21-12-11-18(24)14-26-21/h4-12,14,26H,13H2,1-3H3,(H,27,28,31);2*3-12,14,25H,13H2,1-2H3,(H,26,27,30). The summed E-state index contributed by atoms with van der Waals surface area (Å²) < 4.78 is 0.818. The van der Waals surface area contributed by atoms with E-state index in [1.54, 1.807) is 233 Å². The molecule has 0 saturated heterocycles. The van der Waals surface area contributed by atoms with Gasteiger partial charge in [-0.25, -0.2) is 15.0 Å². The Kier molecular flexibility index (Phi) is 24.1. The van der Waals surface area contributed by atoms with Gasteiger partial charge in [0.1, 0.15) is 35.0 Å². The van der Waals surface area contributed by atoms with Crippen LogP contribution < -0.4 is 16.0 Å². The molecule has 3 heterocycles. The Bertz CT molecular complexity index is 3950. The highest BCUT2D eigenvalue weighted by atomic mass is 79.9. The van der Waals surface area contributed by atoms with Crippen molar-refractivity contribution < 1.29 is 28.8 Å². The number of halogens is 3. The van der Waals surface area contributed by atoms with Crippen LogP contribution >= 0.6 is 39.1 Å². The van der Waals surface area contributed by atoms with E-state index in [0.717, 1.165) is 26.7 Å². The van der Waals surface area contributed by atoms with Crippen LogP contribution in [0.2, 0.25) is 10.0 Å². The first-order valence-electron chi connectivity index (χ1n) is 28.2. The van der Waals surface area contributed by atoms with Gasteiger partial charge < -0.3 is 30.7 Å². The third-order valence-corrected chi connectivity index (χ3v) is 14.7. The number of benzene rings is 6. The number of aryl methyl sites for hydroxylation is 1. The number of ketones is 3. The van der Waals surface area contributed by atoms with Crippen molar-refractivity contribution in [2.45, 2.75) is 26.2 Å². The lowest BCUT2D eigenvalue weighted by atomic mass is 9.96. The molecule has 3 aromatic heterocycles. The summed E-state index contributed by atoms with van der Waals surface area (Å²) in [7, 11) is 10.8. The van der Waals surface area contributed by atoms with Crippen molar-refractivity contribution in [3.63, 3.8) is 0 Å². The summed E-state index contributed by atoms with van der Waals surface area (Å²) in [6.45, 7) is 1.89. The number of carbonyl (C=O) groups is 6. The number of anilines is 3. The highest BCUT2D eigenvalue weighted by Crippen LogP contribution is 2.22. The molecule has 0 unspecified atom stereocenters. The van der Waals surface area contributed by atoms with Gasteiger partial charge in [-0.3, -0.25) is 45.0 Å². The van der Waals surface area contributed by atoms with Gasteiger partial charge in [0.25, 0.3) is 17.7 Å². The van der Waals surface area contributed by atoms with Gasteiger partial charge in [0.05, 0.1) is 10.0 Å². The quantitative estimate of drug-likeness (QED) is 0.0266. The molecule has 0 aliphatic carbocycles. The summed E-state index contributed by atoms with van der Waals surface area (Å²) in [4.78, 5) is 94.1. The van der Waals surface area contributed by atoms with E-state index in [4.69, 9.17) is 39.4 Å². The van der Waals surface area contributed by atoms with Crippen molar-refractivity contribution in [1.82, 2.24) is 29.7 Å². The van der Waals surface area contributed by atoms with Crippen LogP contribution in [0.5, 0.6) is 0 Å². The molecule has 0 saturated carbocycles. The largest absolute Gasteiger partial charge is 0.363 e. The van der Waals surface area contributed by atoms with Crippen LogP contribution in [-0.2, 0) is 19.3 Å². The number of amidine groups is 3. The van der Waals surface area contributed by atoms with E-state index in [1.165, 1.54) is 12.4 Å². The molecule has 0 aliphatic heterocycles. The molecule has 6 N–H and O–H groups in total. The Morgan fingerprint density at radius 3 is 1.02 bits per heavy atom. The zero-order valence-electron chi connectivity index (χ0n) is 50.9. The minimum Gasteiger partial charge on any atom is -0.363 e. The number of carbonyl (C=O) groups excluding carboxylic acids is 6. The van der Waals surface area contributed by atoms with E-state index >= 15 is 0 Å². The molecule has 0 aliphatic rings. The zero-order chi connectivity index (χ0) is 65.9. The smallest absolute Gasteiger partial charge is 0.257 e. The Balaban J connectivity index is 0.000000194. The number of amides is 3. The normalized spacial score (nSPS) is 10.4. The molecule has 9 rings (SSSR count). The fraction of sp³-hybridized carbons (Fsp3) is 0.143. The van der Waals surface area contributed by atoms with Gasteiger partial charge in [-0.05, 0) is 94.1 Å². The first-order valence-corrected chi connectivity index (χ1v) is 29.7. The summed E-state index contributed by atoms with van der Waals surface area (Å²) in [6, 6.07) is 50.2. The summed E-state index contributed by atoms with van der Waals surface area (Å²) in [5.74, 6) is 0.992. The second kappa shape index (κ2) is 32.2. The molecule has 0 atom stereocenters. The number of hydrogen-bond acceptors (Lipinski definition) is 12. The second-order valence-corrected chi connectivity index (χ2v) is 23.0. The minimum atomic E-state index is -0.344. The summed E-state index contributed by atoms with van der Waals surface area (Å²) in [5.41, 5.74) is 7.87. The molecule has 6 aromatic carbocycles. The summed E-state index contributed by atoms with van der Waals surface area (Å²) in [6.07, 6.45) is 4.78. The fourth-order valence-electron chi connectivity index (χ4n) is 8.79. The number of Topliss-reactive ketones (excluding diaryl/α,β-unsaturated/α-hetero) is 3. The molecule has 18 nitrogen and oxygen atoms in total. The number of aromatic nitrogens is 3. The molecule has 91 heavy (non-hydrogen) atoms. The Hall–Kier alpha value is -10.3. The van der Waals surface area contributed by atoms with Crippen LogP contribution in [0.1, 0.15) is 101 Å². The Morgan fingerprint density at radius 2 is 0.703 bits per heavy atom. The van der Waals surface area contributed by atoms with Gasteiger partial charge in [0.15, 0.2) is 17.3 Å². The number of hydrogen-bond donors (Lipinski definition) is 6. The highest BCUT2D eigenvalue weighted by Gasteiger charge is 2.20. The predicted molar refractivity (Wildman–Crippen MR) is 363 cm³/mol. The van der Waals surface area contributed by atoms with Crippen molar-refractivity contribution in [1.29, 1.82) is 16.2 Å². The van der Waals surface area contributed by atoms with Crippen LogP contribution in [0, 0.1) is 23.2 Å². The van der Waals surface area contributed by atoms with E-state index in [9.17, 15) is 28.8 Å². The molecule has 0 radical (unpaired) electrons. The number of pyridine rings is 3. The maximum Gasteiger partial charge on any atom is 0.257 e. The van der Waals surface area contributed by atoms with Crippen LogP contribution in [0.15, 0.2) is 199 Å². The van der Waals surface area contributed by atoms with Crippen molar-refractivity contribution >= 4 is 109 Å². The van der Waals surface area contributed by atoms with Crippen molar-refractivity contribution in [2.75, 3.05) is 58.2 Å². The second-order valence-electron chi connectivity index (χ2n) is 21.2. The van der Waals surface area contributed by atoms with E-state index < -0.39 is 0 Å². The van der Waals surface area contributed by atoms with Gasteiger partial charge in [0, 0.05) is 135 Å². The lowest BCUT2D eigenvalue weighted by Gasteiger charge is -2.14. The van der Waals surface area contributed by atoms with E-state index in [0.29, 0.717) is 95.1 Å². The molecular weight excluding hydrogens is 1260 g/mol. The molecule has 0 fully saturated rings. The molecular formula is C70H65BrCl2N12O6. The third kappa shape index (κ3) is 19.6. The highest BCUT2D eigenvalue weighted by molar-refractivity contribution is 9.10.